The summed E-state index contributed by atoms with van der Waals surface area (Å²) in [6, 6.07) is 17.4. The zero-order valence-corrected chi connectivity index (χ0v) is 18.9. The third-order valence-corrected chi connectivity index (χ3v) is 6.75. The molecular formula is C24H25FN2O4S. The number of hydrogen-bond donors (Lipinski definition) is 1. The summed E-state index contributed by atoms with van der Waals surface area (Å²) in [5.74, 6) is -0.735. The number of rotatable bonds is 8. The highest BCUT2D eigenvalue weighted by atomic mass is 32.2. The maximum Gasteiger partial charge on any atom is 0.264 e. The predicted octanol–water partition coefficient (Wildman–Crippen LogP) is 4.68. The van der Waals surface area contributed by atoms with Gasteiger partial charge in [0, 0.05) is 19.0 Å². The first-order valence-corrected chi connectivity index (χ1v) is 11.4. The number of aryl methyl sites for hydroxylation is 2. The fourth-order valence-electron chi connectivity index (χ4n) is 3.12. The van der Waals surface area contributed by atoms with E-state index in [9.17, 15) is 17.6 Å². The Morgan fingerprint density at radius 3 is 2.16 bits per heavy atom. The van der Waals surface area contributed by atoms with E-state index in [0.717, 1.165) is 17.2 Å². The van der Waals surface area contributed by atoms with Crippen LogP contribution in [0.5, 0.6) is 5.75 Å². The van der Waals surface area contributed by atoms with Gasteiger partial charge in [0.05, 0.1) is 23.4 Å². The second-order valence-corrected chi connectivity index (χ2v) is 9.23. The van der Waals surface area contributed by atoms with Gasteiger partial charge in [0.15, 0.2) is 0 Å². The van der Waals surface area contributed by atoms with Gasteiger partial charge >= 0.3 is 0 Å². The Morgan fingerprint density at radius 2 is 1.56 bits per heavy atom. The Hall–Kier alpha value is -3.39. The molecule has 3 rings (SSSR count). The van der Waals surface area contributed by atoms with Gasteiger partial charge in [0.25, 0.3) is 10.0 Å². The molecule has 1 N–H and O–H groups in total. The second kappa shape index (κ2) is 9.82. The van der Waals surface area contributed by atoms with E-state index >= 15 is 0 Å². The lowest BCUT2D eigenvalue weighted by atomic mass is 10.2. The molecule has 0 unspecified atom stereocenters. The lowest BCUT2D eigenvalue weighted by Crippen LogP contribution is -2.34. The van der Waals surface area contributed by atoms with Crippen molar-refractivity contribution in [3.8, 4) is 5.75 Å². The quantitative estimate of drug-likeness (QED) is 0.534. The molecule has 32 heavy (non-hydrogen) atoms. The SMILES string of the molecule is COc1cc(F)ccc1NC(=O)CCN(c1ccc(C)cc1)S(=O)(=O)c1ccc(C)cc1. The van der Waals surface area contributed by atoms with Crippen molar-refractivity contribution in [2.24, 2.45) is 0 Å². The molecule has 0 aliphatic heterocycles. The Morgan fingerprint density at radius 1 is 0.969 bits per heavy atom. The largest absolute Gasteiger partial charge is 0.494 e. The normalized spacial score (nSPS) is 11.1. The molecule has 0 atom stereocenters. The molecule has 168 valence electrons. The third kappa shape index (κ3) is 5.45. The van der Waals surface area contributed by atoms with Crippen molar-refractivity contribution in [3.63, 3.8) is 0 Å². The van der Waals surface area contributed by atoms with Crippen LogP contribution in [0.15, 0.2) is 71.6 Å². The molecule has 0 aliphatic rings. The molecular weight excluding hydrogens is 431 g/mol. The van der Waals surface area contributed by atoms with Crippen molar-refractivity contribution in [1.29, 1.82) is 0 Å². The first kappa shape index (κ1) is 23.3. The fraction of sp³-hybridized carbons (Fsp3) is 0.208. The number of sulfonamides is 1. The van der Waals surface area contributed by atoms with Crippen LogP contribution >= 0.6 is 0 Å². The fourth-order valence-corrected chi connectivity index (χ4v) is 4.59. The van der Waals surface area contributed by atoms with Crippen LogP contribution < -0.4 is 14.4 Å². The van der Waals surface area contributed by atoms with Crippen molar-refractivity contribution in [2.45, 2.75) is 25.2 Å². The first-order chi connectivity index (χ1) is 15.2. The molecule has 0 saturated heterocycles. The van der Waals surface area contributed by atoms with Crippen LogP contribution in [0.4, 0.5) is 15.8 Å². The smallest absolute Gasteiger partial charge is 0.264 e. The second-order valence-electron chi connectivity index (χ2n) is 7.37. The number of carbonyl (C=O) groups is 1. The van der Waals surface area contributed by atoms with Gasteiger partial charge in [-0.25, -0.2) is 12.8 Å². The molecule has 3 aromatic rings. The molecule has 6 nitrogen and oxygen atoms in total. The monoisotopic (exact) mass is 456 g/mol. The van der Waals surface area contributed by atoms with Crippen molar-refractivity contribution in [1.82, 2.24) is 0 Å². The molecule has 0 aliphatic carbocycles. The van der Waals surface area contributed by atoms with E-state index in [1.54, 1.807) is 36.4 Å². The number of ether oxygens (including phenoxy) is 1. The molecule has 0 spiro atoms. The van der Waals surface area contributed by atoms with E-state index in [4.69, 9.17) is 4.74 Å². The van der Waals surface area contributed by atoms with E-state index in [0.29, 0.717) is 11.4 Å². The topological polar surface area (TPSA) is 75.7 Å². The maximum atomic E-state index is 13.4. The number of nitrogens with one attached hydrogen (secondary N) is 1. The van der Waals surface area contributed by atoms with Gasteiger partial charge in [0.2, 0.25) is 5.91 Å². The van der Waals surface area contributed by atoms with Crippen molar-refractivity contribution < 1.29 is 22.3 Å². The highest BCUT2D eigenvalue weighted by Crippen LogP contribution is 2.27. The lowest BCUT2D eigenvalue weighted by molar-refractivity contribution is -0.116. The molecule has 0 fully saturated rings. The Balaban J connectivity index is 1.84. The van der Waals surface area contributed by atoms with Crippen LogP contribution in [0.1, 0.15) is 17.5 Å². The maximum absolute atomic E-state index is 13.4. The Bertz CT molecular complexity index is 1190. The van der Waals surface area contributed by atoms with Crippen LogP contribution in [0.3, 0.4) is 0 Å². The number of methoxy groups -OCH3 is 1. The highest BCUT2D eigenvalue weighted by Gasteiger charge is 2.25. The Kier molecular flexibility index (Phi) is 7.15. The van der Waals surface area contributed by atoms with E-state index in [1.165, 1.54) is 23.5 Å². The van der Waals surface area contributed by atoms with E-state index in [-0.39, 0.29) is 23.6 Å². The van der Waals surface area contributed by atoms with Gasteiger partial charge in [-0.15, -0.1) is 0 Å². The number of halogens is 1. The summed E-state index contributed by atoms with van der Waals surface area (Å²) >= 11 is 0. The summed E-state index contributed by atoms with van der Waals surface area (Å²) in [5.41, 5.74) is 2.70. The summed E-state index contributed by atoms with van der Waals surface area (Å²) in [4.78, 5) is 12.7. The average Bonchev–Trinajstić information content (AvgIpc) is 2.76. The first-order valence-electron chi connectivity index (χ1n) is 10.00. The molecule has 0 aromatic heterocycles. The van der Waals surface area contributed by atoms with Crippen molar-refractivity contribution in [2.75, 3.05) is 23.3 Å². The molecule has 1 amide bonds. The number of nitrogens with zero attached hydrogens (tertiary/aromatic N) is 1. The van der Waals surface area contributed by atoms with Crippen LogP contribution in [-0.4, -0.2) is 28.0 Å². The number of anilines is 2. The number of benzene rings is 3. The molecule has 0 saturated carbocycles. The minimum Gasteiger partial charge on any atom is -0.494 e. The highest BCUT2D eigenvalue weighted by molar-refractivity contribution is 7.92. The third-order valence-electron chi connectivity index (χ3n) is 4.91. The number of carbonyl (C=O) groups excluding carboxylic acids is 1. The van der Waals surface area contributed by atoms with Gasteiger partial charge in [-0.2, -0.15) is 0 Å². The van der Waals surface area contributed by atoms with Crippen LogP contribution in [0.2, 0.25) is 0 Å². The summed E-state index contributed by atoms with van der Waals surface area (Å²) in [6.07, 6.45) is -0.112. The summed E-state index contributed by atoms with van der Waals surface area (Å²) in [6.45, 7) is 3.71. The van der Waals surface area contributed by atoms with Crippen molar-refractivity contribution in [3.05, 3.63) is 83.7 Å². The van der Waals surface area contributed by atoms with Gasteiger partial charge in [-0.05, 0) is 50.2 Å². The Labute approximate surface area is 187 Å². The van der Waals surface area contributed by atoms with E-state index < -0.39 is 21.7 Å². The summed E-state index contributed by atoms with van der Waals surface area (Å²) < 4.78 is 46.4. The number of amides is 1. The minimum absolute atomic E-state index is 0.0748. The minimum atomic E-state index is -3.89. The predicted molar refractivity (Wildman–Crippen MR) is 123 cm³/mol. The lowest BCUT2D eigenvalue weighted by Gasteiger charge is -2.24. The van der Waals surface area contributed by atoms with E-state index in [1.807, 2.05) is 26.0 Å². The van der Waals surface area contributed by atoms with Gasteiger partial charge in [-0.3, -0.25) is 9.10 Å². The zero-order chi connectivity index (χ0) is 23.3. The van der Waals surface area contributed by atoms with Gasteiger partial charge < -0.3 is 10.1 Å². The zero-order valence-electron chi connectivity index (χ0n) is 18.1. The average molecular weight is 457 g/mol. The summed E-state index contributed by atoms with van der Waals surface area (Å²) in [7, 11) is -2.52. The molecule has 3 aromatic carbocycles. The number of hydrogen-bond acceptors (Lipinski definition) is 4. The molecule has 0 bridgehead atoms. The van der Waals surface area contributed by atoms with Crippen LogP contribution in [0.25, 0.3) is 0 Å². The van der Waals surface area contributed by atoms with E-state index in [2.05, 4.69) is 5.32 Å². The van der Waals surface area contributed by atoms with Crippen LogP contribution in [-0.2, 0) is 14.8 Å². The van der Waals surface area contributed by atoms with Crippen LogP contribution in [0, 0.1) is 19.7 Å². The van der Waals surface area contributed by atoms with Crippen molar-refractivity contribution >= 4 is 27.3 Å². The van der Waals surface area contributed by atoms with Gasteiger partial charge in [-0.1, -0.05) is 35.4 Å². The molecule has 8 heteroatoms. The summed E-state index contributed by atoms with van der Waals surface area (Å²) in [5, 5.41) is 2.65. The molecule has 0 radical (unpaired) electrons. The standard InChI is InChI=1S/C24H25FN2O4S/c1-17-4-9-20(10-5-17)27(32(29,30)21-11-6-18(2)7-12-21)15-14-24(28)26-22-13-8-19(25)16-23(22)31-3/h4-13,16H,14-15H2,1-3H3,(H,26,28). The van der Waals surface area contributed by atoms with Gasteiger partial charge in [0.1, 0.15) is 11.6 Å². The molecule has 0 heterocycles.